The van der Waals surface area contributed by atoms with Gasteiger partial charge in [-0.2, -0.15) is 0 Å². The van der Waals surface area contributed by atoms with Crippen LogP contribution in [0.1, 0.15) is 34.5 Å². The van der Waals surface area contributed by atoms with E-state index in [9.17, 15) is 14.0 Å². The molecule has 0 aliphatic carbocycles. The molecule has 3 aromatic carbocycles. The molecule has 3 rings (SSSR count). The monoisotopic (exact) mass is 407 g/mol. The summed E-state index contributed by atoms with van der Waals surface area (Å²) < 4.78 is 24.2. The molecule has 0 aliphatic rings. The van der Waals surface area contributed by atoms with E-state index in [1.54, 1.807) is 49.4 Å². The maximum absolute atomic E-state index is 13.8. The lowest BCUT2D eigenvalue weighted by molar-refractivity contribution is -0.123. The van der Waals surface area contributed by atoms with Crippen molar-refractivity contribution < 1.29 is 23.5 Å². The van der Waals surface area contributed by atoms with Crippen molar-refractivity contribution in [2.45, 2.75) is 13.0 Å². The quantitative estimate of drug-likeness (QED) is 0.565. The highest BCUT2D eigenvalue weighted by atomic mass is 19.1. The molecule has 0 bridgehead atoms. The topological polar surface area (TPSA) is 64.6 Å². The van der Waals surface area contributed by atoms with Gasteiger partial charge >= 0.3 is 0 Å². The lowest BCUT2D eigenvalue weighted by atomic mass is 10.0. The van der Waals surface area contributed by atoms with E-state index in [0.717, 1.165) is 0 Å². The average Bonchev–Trinajstić information content (AvgIpc) is 2.78. The first-order valence-corrected chi connectivity index (χ1v) is 9.43. The zero-order chi connectivity index (χ0) is 21.5. The Morgan fingerprint density at radius 1 is 0.967 bits per heavy atom. The van der Waals surface area contributed by atoms with Crippen LogP contribution in [0, 0.1) is 5.82 Å². The normalized spacial score (nSPS) is 11.4. The van der Waals surface area contributed by atoms with Gasteiger partial charge in [0, 0.05) is 11.1 Å². The highest BCUT2D eigenvalue weighted by Gasteiger charge is 2.13. The Kier molecular flexibility index (Phi) is 6.80. The van der Waals surface area contributed by atoms with E-state index in [0.29, 0.717) is 22.4 Å². The number of benzene rings is 3. The van der Waals surface area contributed by atoms with Gasteiger partial charge in [0.2, 0.25) is 0 Å². The van der Waals surface area contributed by atoms with Crippen LogP contribution in [0.2, 0.25) is 0 Å². The SMILES string of the molecule is COc1ccc([C@@H](C)NC(=O)COc2ccc(C(=O)c3ccccc3)cc2)cc1F. The number of methoxy groups -OCH3 is 1. The minimum absolute atomic E-state index is 0.0829. The number of ketones is 1. The number of hydrogen-bond donors (Lipinski definition) is 1. The highest BCUT2D eigenvalue weighted by molar-refractivity contribution is 6.08. The molecule has 0 aliphatic heterocycles. The molecule has 0 radical (unpaired) electrons. The van der Waals surface area contributed by atoms with Crippen LogP contribution in [-0.2, 0) is 4.79 Å². The molecule has 0 heterocycles. The van der Waals surface area contributed by atoms with Crippen molar-refractivity contribution in [3.05, 3.63) is 95.3 Å². The fourth-order valence-corrected chi connectivity index (χ4v) is 2.93. The summed E-state index contributed by atoms with van der Waals surface area (Å²) in [6.45, 7) is 1.55. The van der Waals surface area contributed by atoms with Gasteiger partial charge in [0.1, 0.15) is 5.75 Å². The molecule has 3 aromatic rings. The van der Waals surface area contributed by atoms with Crippen molar-refractivity contribution in [2.75, 3.05) is 13.7 Å². The Morgan fingerprint density at radius 3 is 2.27 bits per heavy atom. The summed E-state index contributed by atoms with van der Waals surface area (Å²) in [6.07, 6.45) is 0. The minimum atomic E-state index is -0.488. The van der Waals surface area contributed by atoms with Crippen molar-refractivity contribution in [3.63, 3.8) is 0 Å². The number of carbonyl (C=O) groups is 2. The molecule has 0 unspecified atom stereocenters. The van der Waals surface area contributed by atoms with Gasteiger partial charge in [0.25, 0.3) is 5.91 Å². The molecule has 1 atom stereocenters. The molecule has 0 fully saturated rings. The lowest BCUT2D eigenvalue weighted by Gasteiger charge is -2.15. The zero-order valence-electron chi connectivity index (χ0n) is 16.7. The number of hydrogen-bond acceptors (Lipinski definition) is 4. The van der Waals surface area contributed by atoms with Crippen LogP contribution < -0.4 is 14.8 Å². The first-order valence-electron chi connectivity index (χ1n) is 9.43. The fourth-order valence-electron chi connectivity index (χ4n) is 2.93. The van der Waals surface area contributed by atoms with Crippen LogP contribution in [-0.4, -0.2) is 25.4 Å². The van der Waals surface area contributed by atoms with Crippen molar-refractivity contribution in [1.29, 1.82) is 0 Å². The Morgan fingerprint density at radius 2 is 1.63 bits per heavy atom. The maximum Gasteiger partial charge on any atom is 0.258 e. The minimum Gasteiger partial charge on any atom is -0.494 e. The van der Waals surface area contributed by atoms with Crippen LogP contribution in [0.25, 0.3) is 0 Å². The third-order valence-electron chi connectivity index (χ3n) is 4.58. The van der Waals surface area contributed by atoms with E-state index in [1.165, 1.54) is 19.2 Å². The van der Waals surface area contributed by atoms with Crippen molar-refractivity contribution in [3.8, 4) is 11.5 Å². The first-order chi connectivity index (χ1) is 14.5. The summed E-state index contributed by atoms with van der Waals surface area (Å²) in [5.41, 5.74) is 1.76. The van der Waals surface area contributed by atoms with E-state index in [1.807, 2.05) is 18.2 Å². The Bertz CT molecular complexity index is 1020. The van der Waals surface area contributed by atoms with Crippen molar-refractivity contribution in [2.24, 2.45) is 0 Å². The third kappa shape index (κ3) is 5.23. The fraction of sp³-hybridized carbons (Fsp3) is 0.167. The number of carbonyl (C=O) groups excluding carboxylic acids is 2. The van der Waals surface area contributed by atoms with Crippen LogP contribution in [0.3, 0.4) is 0 Å². The van der Waals surface area contributed by atoms with Crippen LogP contribution in [0.4, 0.5) is 4.39 Å². The van der Waals surface area contributed by atoms with Gasteiger partial charge in [0.15, 0.2) is 24.0 Å². The molecule has 0 saturated heterocycles. The molecule has 1 N–H and O–H groups in total. The Hall–Kier alpha value is -3.67. The molecule has 0 aromatic heterocycles. The molecule has 0 spiro atoms. The van der Waals surface area contributed by atoms with Gasteiger partial charge in [-0.05, 0) is 48.9 Å². The summed E-state index contributed by atoms with van der Waals surface area (Å²) in [5, 5.41) is 2.76. The van der Waals surface area contributed by atoms with Crippen molar-refractivity contribution in [1.82, 2.24) is 5.32 Å². The van der Waals surface area contributed by atoms with Gasteiger partial charge in [-0.25, -0.2) is 4.39 Å². The van der Waals surface area contributed by atoms with Gasteiger partial charge in [0.05, 0.1) is 13.2 Å². The summed E-state index contributed by atoms with van der Waals surface area (Å²) >= 11 is 0. The van der Waals surface area contributed by atoms with E-state index in [2.05, 4.69) is 5.32 Å². The predicted octanol–water partition coefficient (Wildman–Crippen LogP) is 4.32. The van der Waals surface area contributed by atoms with E-state index < -0.39 is 11.9 Å². The third-order valence-corrected chi connectivity index (χ3v) is 4.58. The van der Waals surface area contributed by atoms with Gasteiger partial charge in [-0.3, -0.25) is 9.59 Å². The molecule has 6 heteroatoms. The van der Waals surface area contributed by atoms with E-state index >= 15 is 0 Å². The van der Waals surface area contributed by atoms with Gasteiger partial charge in [-0.1, -0.05) is 36.4 Å². The summed E-state index contributed by atoms with van der Waals surface area (Å²) in [6, 6.07) is 19.7. The standard InChI is InChI=1S/C24H22FNO4/c1-16(19-10-13-22(29-2)21(25)14-19)26-23(27)15-30-20-11-8-18(9-12-20)24(28)17-6-4-3-5-7-17/h3-14,16H,15H2,1-2H3,(H,26,27)/t16-/m1/s1. The first kappa shape index (κ1) is 21.0. The van der Waals surface area contributed by atoms with E-state index in [-0.39, 0.29) is 24.0 Å². The molecule has 1 amide bonds. The van der Waals surface area contributed by atoms with Gasteiger partial charge < -0.3 is 14.8 Å². The Balaban J connectivity index is 1.53. The van der Waals surface area contributed by atoms with E-state index in [4.69, 9.17) is 9.47 Å². The predicted molar refractivity (Wildman–Crippen MR) is 111 cm³/mol. The Labute approximate surface area is 174 Å². The summed E-state index contributed by atoms with van der Waals surface area (Å²) in [7, 11) is 1.39. The summed E-state index contributed by atoms with van der Waals surface area (Å²) in [5.74, 6) is -0.297. The average molecular weight is 407 g/mol. The molecule has 30 heavy (non-hydrogen) atoms. The van der Waals surface area contributed by atoms with Gasteiger partial charge in [-0.15, -0.1) is 0 Å². The smallest absolute Gasteiger partial charge is 0.258 e. The number of halogens is 1. The van der Waals surface area contributed by atoms with Crippen LogP contribution in [0.15, 0.2) is 72.8 Å². The maximum atomic E-state index is 13.8. The highest BCUT2D eigenvalue weighted by Crippen LogP contribution is 2.22. The zero-order valence-corrected chi connectivity index (χ0v) is 16.7. The summed E-state index contributed by atoms with van der Waals surface area (Å²) in [4.78, 5) is 24.6. The van der Waals surface area contributed by atoms with Crippen molar-refractivity contribution >= 4 is 11.7 Å². The molecular weight excluding hydrogens is 385 g/mol. The molecule has 154 valence electrons. The largest absolute Gasteiger partial charge is 0.494 e. The number of ether oxygens (including phenoxy) is 2. The molecular formula is C24H22FNO4. The molecule has 0 saturated carbocycles. The second-order valence-corrected chi connectivity index (χ2v) is 6.69. The second-order valence-electron chi connectivity index (χ2n) is 6.69. The number of rotatable bonds is 8. The van der Waals surface area contributed by atoms with Crippen LogP contribution in [0.5, 0.6) is 11.5 Å². The molecule has 5 nitrogen and oxygen atoms in total. The second kappa shape index (κ2) is 9.69. The number of amides is 1. The van der Waals surface area contributed by atoms with Crippen LogP contribution >= 0.6 is 0 Å². The number of nitrogens with one attached hydrogen (secondary N) is 1. The lowest BCUT2D eigenvalue weighted by Crippen LogP contribution is -2.31.